The van der Waals surface area contributed by atoms with E-state index in [0.717, 1.165) is 0 Å². The summed E-state index contributed by atoms with van der Waals surface area (Å²) in [6, 6.07) is 11.0. The molecule has 1 unspecified atom stereocenters. The van der Waals surface area contributed by atoms with Gasteiger partial charge >= 0.3 is 0 Å². The lowest BCUT2D eigenvalue weighted by Crippen LogP contribution is -2.40. The molecule has 0 saturated heterocycles. The second-order valence-corrected chi connectivity index (χ2v) is 7.28. The van der Waals surface area contributed by atoms with E-state index in [1.165, 1.54) is 37.2 Å². The minimum Gasteiger partial charge on any atom is -0.497 e. The molecule has 0 aliphatic carbocycles. The van der Waals surface area contributed by atoms with Crippen LogP contribution in [0.15, 0.2) is 47.6 Å². The second-order valence-electron chi connectivity index (χ2n) is 7.28. The smallest absolute Gasteiger partial charge is 0.262 e. The average molecular weight is 443 g/mol. The molecule has 170 valence electrons. The van der Waals surface area contributed by atoms with E-state index in [0.29, 0.717) is 28.3 Å². The Bertz CT molecular complexity index is 1030. The first-order valence-corrected chi connectivity index (χ1v) is 9.98. The summed E-state index contributed by atoms with van der Waals surface area (Å²) < 4.78 is 30.2. The third-order valence-electron chi connectivity index (χ3n) is 5.21. The summed E-state index contributed by atoms with van der Waals surface area (Å²) in [5, 5.41) is 5.75. The number of amides is 2. The number of halogens is 1. The molecular formula is C23H26FN3O5. The Morgan fingerprint density at radius 2 is 1.91 bits per heavy atom. The molecule has 9 heteroatoms. The maximum atomic E-state index is 14.5. The zero-order valence-electron chi connectivity index (χ0n) is 18.5. The fraction of sp³-hybridized carbons (Fsp3) is 0.348. The number of nitrogens with zero attached hydrogens (tertiary/aromatic N) is 3. The Kier molecular flexibility index (Phi) is 7.42. The van der Waals surface area contributed by atoms with Crippen LogP contribution in [0.2, 0.25) is 0 Å². The Balaban J connectivity index is 1.99. The van der Waals surface area contributed by atoms with Gasteiger partial charge in [0.25, 0.3) is 5.91 Å². The van der Waals surface area contributed by atoms with E-state index in [4.69, 9.17) is 14.2 Å². The van der Waals surface area contributed by atoms with E-state index >= 15 is 0 Å². The summed E-state index contributed by atoms with van der Waals surface area (Å²) in [4.78, 5) is 26.5. The molecule has 1 atom stereocenters. The summed E-state index contributed by atoms with van der Waals surface area (Å²) in [7, 11) is 5.99. The monoisotopic (exact) mass is 443 g/mol. The summed E-state index contributed by atoms with van der Waals surface area (Å²) in [6.45, 7) is -0.348. The van der Waals surface area contributed by atoms with Crippen molar-refractivity contribution in [2.24, 2.45) is 5.10 Å². The average Bonchev–Trinajstić information content (AvgIpc) is 3.24. The molecule has 2 aromatic rings. The van der Waals surface area contributed by atoms with Crippen molar-refractivity contribution in [3.8, 4) is 11.5 Å². The van der Waals surface area contributed by atoms with Crippen LogP contribution in [0.3, 0.4) is 0 Å². The highest BCUT2D eigenvalue weighted by molar-refractivity contribution is 6.03. The summed E-state index contributed by atoms with van der Waals surface area (Å²) in [6.07, 6.45) is 0.270. The number of carbonyl (C=O) groups excluding carboxylic acids is 2. The van der Waals surface area contributed by atoms with E-state index in [9.17, 15) is 14.0 Å². The van der Waals surface area contributed by atoms with Crippen LogP contribution in [-0.2, 0) is 14.3 Å². The molecule has 0 aromatic heterocycles. The highest BCUT2D eigenvalue weighted by atomic mass is 19.1. The number of methoxy groups -OCH3 is 3. The molecule has 2 amide bonds. The van der Waals surface area contributed by atoms with Gasteiger partial charge in [0.1, 0.15) is 30.5 Å². The van der Waals surface area contributed by atoms with Gasteiger partial charge in [0.15, 0.2) is 0 Å². The minimum absolute atomic E-state index is 0.138. The maximum Gasteiger partial charge on any atom is 0.262 e. The zero-order chi connectivity index (χ0) is 23.3. The highest BCUT2D eigenvalue weighted by Gasteiger charge is 2.36. The largest absolute Gasteiger partial charge is 0.497 e. The van der Waals surface area contributed by atoms with Crippen molar-refractivity contribution in [1.82, 2.24) is 9.91 Å². The number of likely N-dealkylation sites (N-methyl/N-ethyl adjacent to an activating group) is 1. The van der Waals surface area contributed by atoms with Crippen LogP contribution in [0.25, 0.3) is 0 Å². The lowest BCUT2D eigenvalue weighted by atomic mass is 9.97. The van der Waals surface area contributed by atoms with Crippen LogP contribution in [-0.4, -0.2) is 69.0 Å². The first-order chi connectivity index (χ1) is 15.4. The van der Waals surface area contributed by atoms with Gasteiger partial charge in [-0.05, 0) is 24.3 Å². The van der Waals surface area contributed by atoms with E-state index in [-0.39, 0.29) is 25.5 Å². The molecule has 0 bridgehead atoms. The third kappa shape index (κ3) is 4.88. The van der Waals surface area contributed by atoms with E-state index in [1.807, 2.05) is 0 Å². The first-order valence-electron chi connectivity index (χ1n) is 9.98. The molecule has 2 aromatic carbocycles. The SMILES string of the molecule is COCC(=O)N(C)CC(=O)N1N=C(c2ccccc2F)CC1c1cc(OC)ccc1OC. The Morgan fingerprint density at radius 1 is 1.16 bits per heavy atom. The van der Waals surface area contributed by atoms with Crippen molar-refractivity contribution in [2.45, 2.75) is 12.5 Å². The second kappa shape index (κ2) is 10.2. The van der Waals surface area contributed by atoms with Crippen molar-refractivity contribution in [1.29, 1.82) is 0 Å². The van der Waals surface area contributed by atoms with Crippen LogP contribution < -0.4 is 9.47 Å². The van der Waals surface area contributed by atoms with Gasteiger partial charge in [0, 0.05) is 31.7 Å². The molecule has 0 N–H and O–H groups in total. The summed E-state index contributed by atoms with van der Waals surface area (Å²) >= 11 is 0. The van der Waals surface area contributed by atoms with Crippen molar-refractivity contribution >= 4 is 17.5 Å². The molecule has 1 aliphatic rings. The molecular weight excluding hydrogens is 417 g/mol. The molecule has 0 radical (unpaired) electrons. The van der Waals surface area contributed by atoms with Crippen LogP contribution in [0.4, 0.5) is 4.39 Å². The standard InChI is InChI=1S/C23H26FN3O5/c1-26(23(29)14-30-2)13-22(28)27-20(17-11-15(31-3)9-10-21(17)32-4)12-19(25-27)16-7-5-6-8-18(16)24/h5-11,20H,12-14H2,1-4H3. The number of rotatable bonds is 8. The van der Waals surface area contributed by atoms with Gasteiger partial charge in [-0.1, -0.05) is 18.2 Å². The van der Waals surface area contributed by atoms with E-state index in [1.54, 1.807) is 43.5 Å². The normalized spacial score (nSPS) is 15.3. The predicted molar refractivity (Wildman–Crippen MR) is 116 cm³/mol. The van der Waals surface area contributed by atoms with Gasteiger partial charge in [0.05, 0.1) is 26.0 Å². The Morgan fingerprint density at radius 3 is 2.56 bits per heavy atom. The lowest BCUT2D eigenvalue weighted by Gasteiger charge is -2.26. The third-order valence-corrected chi connectivity index (χ3v) is 5.21. The maximum absolute atomic E-state index is 14.5. The van der Waals surface area contributed by atoms with E-state index in [2.05, 4.69) is 5.10 Å². The van der Waals surface area contributed by atoms with Gasteiger partial charge in [-0.2, -0.15) is 5.10 Å². The van der Waals surface area contributed by atoms with Gasteiger partial charge < -0.3 is 19.1 Å². The van der Waals surface area contributed by atoms with Crippen LogP contribution in [0.5, 0.6) is 11.5 Å². The molecule has 0 saturated carbocycles. The summed E-state index contributed by atoms with van der Waals surface area (Å²) in [5.74, 6) is -0.0568. The molecule has 0 spiro atoms. The molecule has 1 aliphatic heterocycles. The molecule has 1 heterocycles. The molecule has 3 rings (SSSR count). The fourth-order valence-corrected chi connectivity index (χ4v) is 3.54. The number of hydrogen-bond donors (Lipinski definition) is 0. The quantitative estimate of drug-likeness (QED) is 0.627. The van der Waals surface area contributed by atoms with Gasteiger partial charge in [-0.3, -0.25) is 9.59 Å². The lowest BCUT2D eigenvalue weighted by molar-refractivity contribution is -0.142. The topological polar surface area (TPSA) is 80.7 Å². The first kappa shape index (κ1) is 23.2. The molecule has 8 nitrogen and oxygen atoms in total. The summed E-state index contributed by atoms with van der Waals surface area (Å²) in [5.41, 5.74) is 1.41. The van der Waals surface area contributed by atoms with Crippen molar-refractivity contribution in [3.05, 3.63) is 59.4 Å². The van der Waals surface area contributed by atoms with Crippen molar-refractivity contribution < 1.29 is 28.2 Å². The zero-order valence-corrected chi connectivity index (χ0v) is 18.5. The van der Waals surface area contributed by atoms with Crippen LogP contribution >= 0.6 is 0 Å². The minimum atomic E-state index is -0.562. The number of hydrazone groups is 1. The number of carbonyl (C=O) groups is 2. The molecule has 32 heavy (non-hydrogen) atoms. The number of ether oxygens (including phenoxy) is 3. The van der Waals surface area contributed by atoms with Crippen molar-refractivity contribution in [2.75, 3.05) is 41.5 Å². The predicted octanol–water partition coefficient (Wildman–Crippen LogP) is 2.63. The number of hydrogen-bond acceptors (Lipinski definition) is 6. The van der Waals surface area contributed by atoms with Crippen molar-refractivity contribution in [3.63, 3.8) is 0 Å². The van der Waals surface area contributed by atoms with Gasteiger partial charge in [0.2, 0.25) is 5.91 Å². The number of benzene rings is 2. The highest BCUT2D eigenvalue weighted by Crippen LogP contribution is 2.39. The van der Waals surface area contributed by atoms with Crippen LogP contribution in [0.1, 0.15) is 23.6 Å². The van der Waals surface area contributed by atoms with Gasteiger partial charge in [-0.25, -0.2) is 9.40 Å². The molecule has 0 fully saturated rings. The van der Waals surface area contributed by atoms with Crippen LogP contribution in [0, 0.1) is 5.82 Å². The van der Waals surface area contributed by atoms with Gasteiger partial charge in [-0.15, -0.1) is 0 Å². The Labute approximate surface area is 186 Å². The Hall–Kier alpha value is -3.46. The van der Waals surface area contributed by atoms with E-state index < -0.39 is 17.8 Å². The fourth-order valence-electron chi connectivity index (χ4n) is 3.54.